The van der Waals surface area contributed by atoms with Crippen LogP contribution in [0.5, 0.6) is 0 Å². The predicted molar refractivity (Wildman–Crippen MR) is 156 cm³/mol. The van der Waals surface area contributed by atoms with Gasteiger partial charge in [0.25, 0.3) is 5.97 Å². The molecular weight excluding hydrogens is 456 g/mol. The summed E-state index contributed by atoms with van der Waals surface area (Å²) in [7, 11) is 0. The molecule has 0 amide bonds. The Hall–Kier alpha value is -1.42. The van der Waals surface area contributed by atoms with Gasteiger partial charge >= 0.3 is 0 Å². The highest BCUT2D eigenvalue weighted by molar-refractivity contribution is 8.03. The minimum absolute atomic E-state index is 0.218. The summed E-state index contributed by atoms with van der Waals surface area (Å²) in [5.41, 5.74) is 10.5. The van der Waals surface area contributed by atoms with Gasteiger partial charge in [0.05, 0.1) is 0 Å². The molecule has 0 unspecified atom stereocenters. The third-order valence-corrected chi connectivity index (χ3v) is 6.09. The molecule has 0 aliphatic rings. The molecule has 6 nitrogen and oxygen atoms in total. The summed E-state index contributed by atoms with van der Waals surface area (Å²) < 4.78 is 0. The highest BCUT2D eigenvalue weighted by atomic mass is 32.2. The van der Waals surface area contributed by atoms with Gasteiger partial charge in [0.2, 0.25) is 0 Å². The average Bonchev–Trinajstić information content (AvgIpc) is 2.81. The van der Waals surface area contributed by atoms with E-state index in [9.17, 15) is 0 Å². The summed E-state index contributed by atoms with van der Waals surface area (Å²) in [5, 5.41) is 17.9. The van der Waals surface area contributed by atoms with E-state index >= 15 is 0 Å². The lowest BCUT2D eigenvalue weighted by Crippen LogP contribution is -2.22. The normalized spacial score (nSPS) is 9.77. The molecule has 35 heavy (non-hydrogen) atoms. The molecule has 0 rings (SSSR count). The van der Waals surface area contributed by atoms with Crippen molar-refractivity contribution in [3.63, 3.8) is 0 Å². The summed E-state index contributed by atoms with van der Waals surface area (Å²) >= 11 is 1.39. The molecule has 0 aliphatic carbocycles. The minimum atomic E-state index is -0.833. The molecule has 5 N–H and O–H groups in total. The monoisotopic (exact) mass is 514 g/mol. The van der Waals surface area contributed by atoms with Gasteiger partial charge in [-0.3, -0.25) is 9.79 Å². The lowest BCUT2D eigenvalue weighted by atomic mass is 10.1. The van der Waals surface area contributed by atoms with Crippen molar-refractivity contribution >= 4 is 23.7 Å². The van der Waals surface area contributed by atoms with Crippen LogP contribution in [0.2, 0.25) is 0 Å². The number of nitrogens with two attached hydrogens (primary N) is 2. The van der Waals surface area contributed by atoms with E-state index in [4.69, 9.17) is 26.6 Å². The van der Waals surface area contributed by atoms with Crippen LogP contribution in [0, 0.1) is 10.7 Å². The first-order valence-electron chi connectivity index (χ1n) is 14.2. The van der Waals surface area contributed by atoms with Gasteiger partial charge in [-0.1, -0.05) is 129 Å². The number of carboxylic acids is 1. The van der Waals surface area contributed by atoms with E-state index in [1.165, 1.54) is 134 Å². The maximum atomic E-state index is 9.00. The summed E-state index contributed by atoms with van der Waals surface area (Å²) in [4.78, 5) is 13.0. The number of rotatable bonds is 22. The molecule has 0 saturated heterocycles. The van der Waals surface area contributed by atoms with Gasteiger partial charge in [-0.25, -0.2) is 0 Å². The zero-order valence-electron chi connectivity index (χ0n) is 23.4. The Balaban J connectivity index is -0.000000508. The van der Waals surface area contributed by atoms with E-state index in [1.54, 1.807) is 0 Å². The van der Waals surface area contributed by atoms with Gasteiger partial charge in [-0.15, -0.1) is 0 Å². The van der Waals surface area contributed by atoms with Crippen LogP contribution in [0.1, 0.15) is 149 Å². The SMILES string of the molecule is CC(=O)O.CCCCCCCCCCCCN=C(N)N.CCCCCCCCCCCCSC#N. The Morgan fingerprint density at radius 2 is 1.03 bits per heavy atom. The maximum absolute atomic E-state index is 9.00. The molecule has 0 atom stereocenters. The minimum Gasteiger partial charge on any atom is -0.481 e. The zero-order valence-corrected chi connectivity index (χ0v) is 24.2. The number of aliphatic carboxylic acids is 1. The quantitative estimate of drug-likeness (QED) is 0.0576. The van der Waals surface area contributed by atoms with Crippen LogP contribution >= 0.6 is 11.8 Å². The Kier molecular flexibility index (Phi) is 40.4. The highest BCUT2D eigenvalue weighted by Gasteiger charge is 1.93. The molecule has 0 aliphatic heterocycles. The van der Waals surface area contributed by atoms with Gasteiger partial charge in [-0.05, 0) is 24.6 Å². The van der Waals surface area contributed by atoms with Crippen molar-refractivity contribution in [2.24, 2.45) is 16.5 Å². The van der Waals surface area contributed by atoms with Crippen LogP contribution in [-0.2, 0) is 4.79 Å². The van der Waals surface area contributed by atoms with Crippen molar-refractivity contribution in [3.8, 4) is 5.40 Å². The fourth-order valence-corrected chi connectivity index (χ4v) is 3.95. The molecule has 208 valence electrons. The molecule has 0 bridgehead atoms. The molecule has 0 fully saturated rings. The Morgan fingerprint density at radius 1 is 0.714 bits per heavy atom. The molecule has 0 saturated carbocycles. The van der Waals surface area contributed by atoms with Crippen molar-refractivity contribution in [1.82, 2.24) is 0 Å². The zero-order chi connectivity index (χ0) is 26.8. The Morgan fingerprint density at radius 3 is 1.34 bits per heavy atom. The molecule has 0 radical (unpaired) electrons. The molecule has 0 heterocycles. The fourth-order valence-electron chi connectivity index (χ4n) is 3.51. The highest BCUT2D eigenvalue weighted by Crippen LogP contribution is 2.12. The van der Waals surface area contributed by atoms with Crippen LogP contribution in [-0.4, -0.2) is 29.3 Å². The second-order valence-electron chi connectivity index (χ2n) is 9.13. The molecular formula is C28H58N4O2S. The summed E-state index contributed by atoms with van der Waals surface area (Å²) in [6.07, 6.45) is 27.2. The van der Waals surface area contributed by atoms with Gasteiger partial charge in [0.15, 0.2) is 5.96 Å². The maximum Gasteiger partial charge on any atom is 0.300 e. The van der Waals surface area contributed by atoms with E-state index in [2.05, 4.69) is 24.2 Å². The third-order valence-electron chi connectivity index (χ3n) is 5.47. The van der Waals surface area contributed by atoms with E-state index in [-0.39, 0.29) is 5.96 Å². The van der Waals surface area contributed by atoms with Crippen molar-refractivity contribution in [1.29, 1.82) is 5.26 Å². The van der Waals surface area contributed by atoms with Crippen LogP contribution in [0.4, 0.5) is 0 Å². The van der Waals surface area contributed by atoms with Gasteiger partial charge < -0.3 is 16.6 Å². The molecule has 0 aromatic rings. The number of hydrogen-bond donors (Lipinski definition) is 3. The van der Waals surface area contributed by atoms with Crippen LogP contribution < -0.4 is 11.5 Å². The van der Waals surface area contributed by atoms with Crippen LogP contribution in [0.25, 0.3) is 0 Å². The lowest BCUT2D eigenvalue weighted by Gasteiger charge is -2.01. The van der Waals surface area contributed by atoms with Gasteiger partial charge in [0, 0.05) is 19.2 Å². The Labute approximate surface area is 222 Å². The smallest absolute Gasteiger partial charge is 0.300 e. The van der Waals surface area contributed by atoms with Gasteiger partial charge in [0.1, 0.15) is 5.40 Å². The summed E-state index contributed by atoms with van der Waals surface area (Å²) in [6.45, 7) is 6.40. The first-order valence-corrected chi connectivity index (χ1v) is 15.2. The second kappa shape index (κ2) is 37.1. The summed E-state index contributed by atoms with van der Waals surface area (Å²) in [6, 6.07) is 0. The number of unbranched alkanes of at least 4 members (excludes halogenated alkanes) is 18. The standard InChI is InChI=1S/C13H29N3.C13H25NS.C2H4O2/c1-2-3-4-5-6-7-8-9-10-11-12-16-13(14)15;1-2-3-4-5-6-7-8-9-10-11-12-15-13-14;1-2(3)4/h2-12H2,1H3,(H4,14,15,16);2-12H2,1H3;1H3,(H,3,4). The number of guanidine groups is 1. The first-order chi connectivity index (χ1) is 16.9. The molecule has 0 aromatic carbocycles. The second-order valence-corrected chi connectivity index (χ2v) is 10.0. The van der Waals surface area contributed by atoms with E-state index in [0.29, 0.717) is 0 Å². The lowest BCUT2D eigenvalue weighted by molar-refractivity contribution is -0.134. The molecule has 7 heteroatoms. The molecule has 0 spiro atoms. The predicted octanol–water partition coefficient (Wildman–Crippen LogP) is 8.39. The van der Waals surface area contributed by atoms with Gasteiger partial charge in [-0.2, -0.15) is 5.26 Å². The number of thioether (sulfide) groups is 1. The average molecular weight is 515 g/mol. The van der Waals surface area contributed by atoms with E-state index in [0.717, 1.165) is 25.6 Å². The number of carboxylic acid groups (broad SMARTS) is 1. The molecule has 0 aromatic heterocycles. The van der Waals surface area contributed by atoms with Crippen molar-refractivity contribution < 1.29 is 9.90 Å². The van der Waals surface area contributed by atoms with Crippen molar-refractivity contribution in [3.05, 3.63) is 0 Å². The Bertz CT molecular complexity index is 474. The van der Waals surface area contributed by atoms with Crippen LogP contribution in [0.3, 0.4) is 0 Å². The largest absolute Gasteiger partial charge is 0.481 e. The topological polar surface area (TPSA) is 125 Å². The first kappa shape index (κ1) is 38.1. The number of nitrogens with zero attached hydrogens (tertiary/aromatic N) is 2. The number of hydrogen-bond acceptors (Lipinski definition) is 4. The summed E-state index contributed by atoms with van der Waals surface area (Å²) in [5.74, 6) is 0.406. The van der Waals surface area contributed by atoms with Crippen molar-refractivity contribution in [2.45, 2.75) is 149 Å². The third kappa shape index (κ3) is 54.8. The number of thiocyanates is 1. The van der Waals surface area contributed by atoms with E-state index < -0.39 is 5.97 Å². The van der Waals surface area contributed by atoms with Crippen molar-refractivity contribution in [2.75, 3.05) is 12.3 Å². The fraction of sp³-hybridized carbons (Fsp3) is 0.893. The number of nitriles is 1. The van der Waals surface area contributed by atoms with Crippen LogP contribution in [0.15, 0.2) is 4.99 Å². The number of aliphatic imine (C=N–C) groups is 1. The number of carbonyl (C=O) groups is 1. The van der Waals surface area contributed by atoms with E-state index in [1.807, 2.05) is 0 Å².